The van der Waals surface area contributed by atoms with Crippen LogP contribution in [0.4, 0.5) is 0 Å². The summed E-state index contributed by atoms with van der Waals surface area (Å²) < 4.78 is 26.9. The number of rotatable bonds is 4. The number of hydrogen-bond acceptors (Lipinski definition) is 4. The van der Waals surface area contributed by atoms with Crippen LogP contribution in [0.15, 0.2) is 35.2 Å². The highest BCUT2D eigenvalue weighted by Crippen LogP contribution is 2.27. The number of carboxylic acids is 1. The van der Waals surface area contributed by atoms with Gasteiger partial charge in [0.1, 0.15) is 6.04 Å². The Kier molecular flexibility index (Phi) is 5.10. The second-order valence-electron chi connectivity index (χ2n) is 6.54. The Morgan fingerprint density at radius 2 is 1.72 bits per heavy atom. The van der Waals surface area contributed by atoms with Crippen LogP contribution < -0.4 is 0 Å². The lowest BCUT2D eigenvalue weighted by atomic mass is 9.97. The molecule has 8 heteroatoms. The van der Waals surface area contributed by atoms with E-state index in [1.54, 1.807) is 30.3 Å². The standard InChI is InChI=1S/C17H22N2O5S/c20-16(19-11-5-9-15(19)17(21)22)13-6-4-10-18(12-13)25(23,24)14-7-2-1-3-8-14/h1-3,7-8,13,15H,4-6,9-12H2,(H,21,22)/t13?,15-/m1/s1. The lowest BCUT2D eigenvalue weighted by Gasteiger charge is -2.34. The molecule has 0 bridgehead atoms. The average Bonchev–Trinajstić information content (AvgIpc) is 3.12. The Bertz CT molecular complexity index is 750. The van der Waals surface area contributed by atoms with Crippen LogP contribution in [0.1, 0.15) is 25.7 Å². The molecule has 1 N–H and O–H groups in total. The molecule has 2 aliphatic rings. The molecular weight excluding hydrogens is 344 g/mol. The van der Waals surface area contributed by atoms with Crippen molar-refractivity contribution in [1.82, 2.24) is 9.21 Å². The molecule has 3 rings (SSSR count). The summed E-state index contributed by atoms with van der Waals surface area (Å²) in [6.45, 7) is 0.917. The molecule has 1 amide bonds. The molecule has 0 saturated carbocycles. The van der Waals surface area contributed by atoms with Crippen molar-refractivity contribution >= 4 is 21.9 Å². The number of amides is 1. The Hall–Kier alpha value is -1.93. The zero-order valence-corrected chi connectivity index (χ0v) is 14.7. The van der Waals surface area contributed by atoms with E-state index in [4.69, 9.17) is 0 Å². The summed E-state index contributed by atoms with van der Waals surface area (Å²) in [5, 5.41) is 9.26. The number of hydrogen-bond donors (Lipinski definition) is 1. The lowest BCUT2D eigenvalue weighted by Crippen LogP contribution is -2.49. The predicted molar refractivity (Wildman–Crippen MR) is 90.3 cm³/mol. The van der Waals surface area contributed by atoms with Crippen molar-refractivity contribution in [3.8, 4) is 0 Å². The van der Waals surface area contributed by atoms with Crippen molar-refractivity contribution in [1.29, 1.82) is 0 Å². The van der Waals surface area contributed by atoms with Crippen molar-refractivity contribution < 1.29 is 23.1 Å². The van der Waals surface area contributed by atoms with Crippen LogP contribution >= 0.6 is 0 Å². The van der Waals surface area contributed by atoms with Gasteiger partial charge in [-0.3, -0.25) is 4.79 Å². The van der Waals surface area contributed by atoms with Gasteiger partial charge in [-0.25, -0.2) is 13.2 Å². The first-order valence-corrected chi connectivity index (χ1v) is 9.94. The SMILES string of the molecule is O=C(O)[C@H]1CCCN1C(=O)C1CCCN(S(=O)(=O)c2ccccc2)C1. The Balaban J connectivity index is 1.75. The van der Waals surface area contributed by atoms with Crippen LogP contribution in [0.5, 0.6) is 0 Å². The van der Waals surface area contributed by atoms with Gasteiger partial charge in [-0.1, -0.05) is 18.2 Å². The quantitative estimate of drug-likeness (QED) is 0.863. The summed E-state index contributed by atoms with van der Waals surface area (Å²) >= 11 is 0. The normalized spacial score (nSPS) is 25.0. The van der Waals surface area contributed by atoms with Crippen LogP contribution in [0, 0.1) is 5.92 Å². The fourth-order valence-electron chi connectivity index (χ4n) is 3.63. The van der Waals surface area contributed by atoms with Crippen LogP contribution in [0.25, 0.3) is 0 Å². The number of carbonyl (C=O) groups excluding carboxylic acids is 1. The molecule has 2 saturated heterocycles. The van der Waals surface area contributed by atoms with Crippen LogP contribution in [0.3, 0.4) is 0 Å². The average molecular weight is 366 g/mol. The van der Waals surface area contributed by atoms with E-state index in [0.29, 0.717) is 38.8 Å². The van der Waals surface area contributed by atoms with Crippen molar-refractivity contribution in [2.45, 2.75) is 36.6 Å². The number of carbonyl (C=O) groups is 2. The molecule has 1 aromatic carbocycles. The number of benzene rings is 1. The number of piperidine rings is 1. The van der Waals surface area contributed by atoms with E-state index in [1.807, 2.05) is 0 Å². The molecule has 0 aromatic heterocycles. The summed E-state index contributed by atoms with van der Waals surface area (Å²) in [4.78, 5) is 25.7. The minimum atomic E-state index is -3.64. The number of sulfonamides is 1. The van der Waals surface area contributed by atoms with Gasteiger partial charge in [0.25, 0.3) is 0 Å². The van der Waals surface area contributed by atoms with Gasteiger partial charge < -0.3 is 10.0 Å². The first kappa shape index (κ1) is 17.9. The van der Waals surface area contributed by atoms with E-state index in [0.717, 1.165) is 0 Å². The van der Waals surface area contributed by atoms with Gasteiger partial charge in [-0.05, 0) is 37.8 Å². The predicted octanol–water partition coefficient (Wildman–Crippen LogP) is 1.16. The Labute approximate surface area is 147 Å². The molecule has 7 nitrogen and oxygen atoms in total. The fraction of sp³-hybridized carbons (Fsp3) is 0.529. The van der Waals surface area contributed by atoms with Crippen LogP contribution in [-0.4, -0.2) is 60.3 Å². The van der Waals surface area contributed by atoms with E-state index in [9.17, 15) is 23.1 Å². The van der Waals surface area contributed by atoms with Crippen molar-refractivity contribution in [3.63, 3.8) is 0 Å². The van der Waals surface area contributed by atoms with Crippen molar-refractivity contribution in [2.75, 3.05) is 19.6 Å². The highest BCUT2D eigenvalue weighted by molar-refractivity contribution is 7.89. The number of likely N-dealkylation sites (tertiary alicyclic amines) is 1. The zero-order valence-electron chi connectivity index (χ0n) is 13.9. The smallest absolute Gasteiger partial charge is 0.326 e. The monoisotopic (exact) mass is 366 g/mol. The first-order valence-electron chi connectivity index (χ1n) is 8.50. The van der Waals surface area contributed by atoms with Gasteiger partial charge >= 0.3 is 5.97 Å². The van der Waals surface area contributed by atoms with Gasteiger partial charge in [-0.15, -0.1) is 0 Å². The van der Waals surface area contributed by atoms with E-state index >= 15 is 0 Å². The van der Waals surface area contributed by atoms with Crippen molar-refractivity contribution in [2.24, 2.45) is 5.92 Å². The minimum Gasteiger partial charge on any atom is -0.480 e. The van der Waals surface area contributed by atoms with E-state index < -0.39 is 28.0 Å². The third-order valence-corrected chi connectivity index (χ3v) is 6.81. The molecule has 2 atom stereocenters. The lowest BCUT2D eigenvalue weighted by molar-refractivity contribution is -0.150. The third-order valence-electron chi connectivity index (χ3n) is 4.94. The van der Waals surface area contributed by atoms with Gasteiger partial charge in [0.05, 0.1) is 10.8 Å². The second kappa shape index (κ2) is 7.13. The summed E-state index contributed by atoms with van der Waals surface area (Å²) in [6.07, 6.45) is 2.30. The summed E-state index contributed by atoms with van der Waals surface area (Å²) in [5.74, 6) is -1.71. The van der Waals surface area contributed by atoms with Crippen molar-refractivity contribution in [3.05, 3.63) is 30.3 Å². The molecule has 0 radical (unpaired) electrons. The highest BCUT2D eigenvalue weighted by Gasteiger charge is 2.40. The maximum absolute atomic E-state index is 12.8. The maximum Gasteiger partial charge on any atom is 0.326 e. The van der Waals surface area contributed by atoms with E-state index in [2.05, 4.69) is 0 Å². The third kappa shape index (κ3) is 3.55. The molecule has 1 unspecified atom stereocenters. The van der Waals surface area contributed by atoms with E-state index in [-0.39, 0.29) is 17.3 Å². The molecule has 2 aliphatic heterocycles. The molecule has 2 heterocycles. The highest BCUT2D eigenvalue weighted by atomic mass is 32.2. The fourth-order valence-corrected chi connectivity index (χ4v) is 5.17. The van der Waals surface area contributed by atoms with Gasteiger partial charge in [0, 0.05) is 19.6 Å². The summed E-state index contributed by atoms with van der Waals surface area (Å²) in [7, 11) is -3.64. The van der Waals surface area contributed by atoms with Gasteiger partial charge in [0.2, 0.25) is 15.9 Å². The maximum atomic E-state index is 12.8. The molecular formula is C17H22N2O5S. The summed E-state index contributed by atoms with van der Waals surface area (Å²) in [6, 6.07) is 7.39. The number of aliphatic carboxylic acids is 1. The van der Waals surface area contributed by atoms with Crippen LogP contribution in [-0.2, 0) is 19.6 Å². The molecule has 1 aromatic rings. The summed E-state index contributed by atoms with van der Waals surface area (Å²) in [5.41, 5.74) is 0. The molecule has 25 heavy (non-hydrogen) atoms. The largest absolute Gasteiger partial charge is 0.480 e. The molecule has 136 valence electrons. The van der Waals surface area contributed by atoms with Crippen LogP contribution in [0.2, 0.25) is 0 Å². The topological polar surface area (TPSA) is 95.0 Å². The number of nitrogens with zero attached hydrogens (tertiary/aromatic N) is 2. The Morgan fingerprint density at radius 3 is 2.40 bits per heavy atom. The molecule has 0 spiro atoms. The minimum absolute atomic E-state index is 0.110. The zero-order chi connectivity index (χ0) is 18.0. The molecule has 2 fully saturated rings. The first-order chi connectivity index (χ1) is 11.9. The van der Waals surface area contributed by atoms with E-state index in [1.165, 1.54) is 9.21 Å². The second-order valence-corrected chi connectivity index (χ2v) is 8.48. The van der Waals surface area contributed by atoms with Gasteiger partial charge in [-0.2, -0.15) is 4.31 Å². The molecule has 0 aliphatic carbocycles. The Morgan fingerprint density at radius 1 is 1.04 bits per heavy atom. The van der Waals surface area contributed by atoms with Gasteiger partial charge in [0.15, 0.2) is 0 Å². The number of carboxylic acid groups (broad SMARTS) is 1.